The molecule has 20 heavy (non-hydrogen) atoms. The van der Waals surface area contributed by atoms with Gasteiger partial charge in [-0.15, -0.1) is 0 Å². The maximum absolute atomic E-state index is 12.2. The maximum Gasteiger partial charge on any atom is 0.326 e. The smallest absolute Gasteiger partial charge is 0.326 e. The molecule has 0 saturated heterocycles. The van der Waals surface area contributed by atoms with Gasteiger partial charge in [0.25, 0.3) is 5.91 Å². The van der Waals surface area contributed by atoms with Crippen LogP contribution in [0.15, 0.2) is 30.5 Å². The van der Waals surface area contributed by atoms with E-state index < -0.39 is 17.9 Å². The van der Waals surface area contributed by atoms with Crippen LogP contribution in [0.25, 0.3) is 10.8 Å². The number of halogens is 1. The third-order valence-electron chi connectivity index (χ3n) is 3.00. The Hall–Kier alpha value is -2.14. The number of pyridine rings is 1. The largest absolute Gasteiger partial charge is 0.480 e. The van der Waals surface area contributed by atoms with E-state index >= 15 is 0 Å². The first-order chi connectivity index (χ1) is 9.54. The molecule has 1 amide bonds. The van der Waals surface area contributed by atoms with E-state index in [9.17, 15) is 9.59 Å². The molecule has 5 nitrogen and oxygen atoms in total. The standard InChI is InChI=1S/C14H13ClN2O3/c1-2-11(14(19)20)17-13(18)10-7-16-12(15)9-6-4-3-5-8(9)10/h3-7,11H,2H2,1H3,(H,17,18)(H,19,20)/t11-/m1/s1. The van der Waals surface area contributed by atoms with Gasteiger partial charge in [0, 0.05) is 11.6 Å². The second-order valence-corrected chi connectivity index (χ2v) is 4.64. The summed E-state index contributed by atoms with van der Waals surface area (Å²) in [5.74, 6) is -1.54. The number of aliphatic carboxylic acids is 1. The summed E-state index contributed by atoms with van der Waals surface area (Å²) in [6.07, 6.45) is 1.66. The second kappa shape index (κ2) is 5.88. The zero-order valence-corrected chi connectivity index (χ0v) is 11.5. The highest BCUT2D eigenvalue weighted by atomic mass is 35.5. The monoisotopic (exact) mass is 292 g/mol. The van der Waals surface area contributed by atoms with Crippen molar-refractivity contribution in [2.45, 2.75) is 19.4 Å². The van der Waals surface area contributed by atoms with Crippen molar-refractivity contribution in [2.75, 3.05) is 0 Å². The summed E-state index contributed by atoms with van der Waals surface area (Å²) < 4.78 is 0. The van der Waals surface area contributed by atoms with Crippen molar-refractivity contribution in [1.29, 1.82) is 0 Å². The van der Waals surface area contributed by atoms with Gasteiger partial charge in [0.2, 0.25) is 0 Å². The molecule has 1 aromatic carbocycles. The van der Waals surface area contributed by atoms with E-state index in [2.05, 4.69) is 10.3 Å². The third kappa shape index (κ3) is 2.72. The van der Waals surface area contributed by atoms with E-state index in [4.69, 9.17) is 16.7 Å². The summed E-state index contributed by atoms with van der Waals surface area (Å²) in [6.45, 7) is 1.69. The molecule has 1 heterocycles. The summed E-state index contributed by atoms with van der Waals surface area (Å²) >= 11 is 5.98. The predicted molar refractivity (Wildman–Crippen MR) is 75.9 cm³/mol. The number of carbonyl (C=O) groups is 2. The van der Waals surface area contributed by atoms with E-state index in [1.165, 1.54) is 6.20 Å². The number of nitrogens with zero attached hydrogens (tertiary/aromatic N) is 1. The van der Waals surface area contributed by atoms with Crippen LogP contribution in [0.5, 0.6) is 0 Å². The molecular formula is C14H13ClN2O3. The fourth-order valence-corrected chi connectivity index (χ4v) is 2.13. The molecule has 6 heteroatoms. The van der Waals surface area contributed by atoms with Crippen LogP contribution in [0.3, 0.4) is 0 Å². The van der Waals surface area contributed by atoms with Gasteiger partial charge in [0.05, 0.1) is 5.56 Å². The summed E-state index contributed by atoms with van der Waals surface area (Å²) in [6, 6.07) is 6.17. The molecule has 0 aliphatic carbocycles. The number of fused-ring (bicyclic) bond motifs is 1. The molecule has 104 valence electrons. The Bertz CT molecular complexity index is 673. The van der Waals surface area contributed by atoms with Crippen LogP contribution in [0.4, 0.5) is 0 Å². The van der Waals surface area contributed by atoms with E-state index in [0.717, 1.165) is 0 Å². The van der Waals surface area contributed by atoms with Crippen molar-refractivity contribution in [3.05, 3.63) is 41.2 Å². The average Bonchev–Trinajstić information content (AvgIpc) is 2.45. The zero-order chi connectivity index (χ0) is 14.7. The molecular weight excluding hydrogens is 280 g/mol. The van der Waals surface area contributed by atoms with Gasteiger partial charge < -0.3 is 10.4 Å². The highest BCUT2D eigenvalue weighted by molar-refractivity contribution is 6.34. The molecule has 2 aromatic rings. The number of carboxylic acid groups (broad SMARTS) is 1. The first-order valence-corrected chi connectivity index (χ1v) is 6.49. The van der Waals surface area contributed by atoms with Crippen molar-refractivity contribution in [1.82, 2.24) is 10.3 Å². The lowest BCUT2D eigenvalue weighted by atomic mass is 10.1. The maximum atomic E-state index is 12.2. The van der Waals surface area contributed by atoms with Crippen molar-refractivity contribution in [3.8, 4) is 0 Å². The molecule has 0 radical (unpaired) electrons. The van der Waals surface area contributed by atoms with E-state index in [1.54, 1.807) is 31.2 Å². The summed E-state index contributed by atoms with van der Waals surface area (Å²) in [4.78, 5) is 27.1. The lowest BCUT2D eigenvalue weighted by Gasteiger charge is -2.13. The topological polar surface area (TPSA) is 79.3 Å². The van der Waals surface area contributed by atoms with Gasteiger partial charge in [0.1, 0.15) is 11.2 Å². The Labute approximate surface area is 120 Å². The van der Waals surface area contributed by atoms with E-state index in [0.29, 0.717) is 27.9 Å². The van der Waals surface area contributed by atoms with Crippen molar-refractivity contribution >= 4 is 34.2 Å². The molecule has 2 N–H and O–H groups in total. The zero-order valence-electron chi connectivity index (χ0n) is 10.8. The molecule has 2 rings (SSSR count). The fraction of sp³-hybridized carbons (Fsp3) is 0.214. The van der Waals surface area contributed by atoms with Crippen molar-refractivity contribution in [2.24, 2.45) is 0 Å². The highest BCUT2D eigenvalue weighted by Gasteiger charge is 2.20. The number of hydrogen-bond acceptors (Lipinski definition) is 3. The molecule has 0 spiro atoms. The minimum Gasteiger partial charge on any atom is -0.480 e. The van der Waals surface area contributed by atoms with Gasteiger partial charge in [-0.2, -0.15) is 0 Å². The van der Waals surface area contributed by atoms with Crippen LogP contribution in [-0.2, 0) is 4.79 Å². The van der Waals surface area contributed by atoms with Gasteiger partial charge in [-0.3, -0.25) is 4.79 Å². The number of hydrogen-bond donors (Lipinski definition) is 2. The van der Waals surface area contributed by atoms with Gasteiger partial charge in [0.15, 0.2) is 0 Å². The molecule has 0 fully saturated rings. The number of carboxylic acids is 1. The second-order valence-electron chi connectivity index (χ2n) is 4.28. The number of amides is 1. The minimum atomic E-state index is -1.06. The SMILES string of the molecule is CC[C@@H](NC(=O)c1cnc(Cl)c2ccccc12)C(=O)O. The predicted octanol–water partition coefficient (Wildman–Crippen LogP) is 2.48. The van der Waals surface area contributed by atoms with Crippen molar-refractivity contribution < 1.29 is 14.7 Å². The third-order valence-corrected chi connectivity index (χ3v) is 3.30. The molecule has 0 unspecified atom stereocenters. The molecule has 1 atom stereocenters. The van der Waals surface area contributed by atoms with Crippen LogP contribution >= 0.6 is 11.6 Å². The molecule has 0 saturated carbocycles. The lowest BCUT2D eigenvalue weighted by molar-refractivity contribution is -0.139. The van der Waals surface area contributed by atoms with Gasteiger partial charge >= 0.3 is 5.97 Å². The molecule has 0 aliphatic rings. The van der Waals surface area contributed by atoms with E-state index in [1.807, 2.05) is 0 Å². The average molecular weight is 293 g/mol. The van der Waals surface area contributed by atoms with Crippen LogP contribution in [-0.4, -0.2) is 28.0 Å². The number of aromatic nitrogens is 1. The quantitative estimate of drug-likeness (QED) is 0.849. The first kappa shape index (κ1) is 14.3. The molecule has 0 aliphatic heterocycles. The molecule has 0 bridgehead atoms. The summed E-state index contributed by atoms with van der Waals surface area (Å²) in [7, 11) is 0. The highest BCUT2D eigenvalue weighted by Crippen LogP contribution is 2.24. The van der Waals surface area contributed by atoms with Crippen molar-refractivity contribution in [3.63, 3.8) is 0 Å². The first-order valence-electron chi connectivity index (χ1n) is 6.11. The molecule has 1 aromatic heterocycles. The van der Waals surface area contributed by atoms with Crippen LogP contribution in [0.1, 0.15) is 23.7 Å². The van der Waals surface area contributed by atoms with Gasteiger partial charge in [-0.25, -0.2) is 9.78 Å². The number of benzene rings is 1. The Morgan fingerprint density at radius 3 is 2.60 bits per heavy atom. The Kier molecular flexibility index (Phi) is 4.20. The summed E-state index contributed by atoms with van der Waals surface area (Å²) in [5, 5.41) is 13.1. The number of nitrogens with one attached hydrogen (secondary N) is 1. The van der Waals surface area contributed by atoms with Crippen LogP contribution in [0, 0.1) is 0 Å². The number of carbonyl (C=O) groups excluding carboxylic acids is 1. The van der Waals surface area contributed by atoms with Crippen LogP contribution in [0.2, 0.25) is 5.15 Å². The Morgan fingerprint density at radius 2 is 2.00 bits per heavy atom. The van der Waals surface area contributed by atoms with Gasteiger partial charge in [-0.1, -0.05) is 42.8 Å². The van der Waals surface area contributed by atoms with Gasteiger partial charge in [-0.05, 0) is 11.8 Å². The lowest BCUT2D eigenvalue weighted by Crippen LogP contribution is -2.40. The number of rotatable bonds is 4. The summed E-state index contributed by atoms with van der Waals surface area (Å²) in [5.41, 5.74) is 0.310. The Morgan fingerprint density at radius 1 is 1.35 bits per heavy atom. The fourth-order valence-electron chi connectivity index (χ4n) is 1.91. The minimum absolute atomic E-state index is 0.306. The Balaban J connectivity index is 2.40. The van der Waals surface area contributed by atoms with Crippen LogP contribution < -0.4 is 5.32 Å². The normalized spacial score (nSPS) is 12.1. The van der Waals surface area contributed by atoms with E-state index in [-0.39, 0.29) is 0 Å².